The third kappa shape index (κ3) is 2.19. The summed E-state index contributed by atoms with van der Waals surface area (Å²) in [4.78, 5) is 0. The molecule has 0 atom stereocenters. The van der Waals surface area contributed by atoms with Gasteiger partial charge in [0.1, 0.15) is 12.4 Å². The van der Waals surface area contributed by atoms with Crippen molar-refractivity contribution < 1.29 is 14.6 Å². The molecule has 15 heavy (non-hydrogen) atoms. The van der Waals surface area contributed by atoms with E-state index in [-0.39, 0.29) is 18.1 Å². The predicted octanol–water partition coefficient (Wildman–Crippen LogP) is 2.07. The minimum Gasteiger partial charge on any atom is -0.504 e. The first-order chi connectivity index (χ1) is 7.29. The summed E-state index contributed by atoms with van der Waals surface area (Å²) in [6.07, 6.45) is 0.619. The van der Waals surface area contributed by atoms with Crippen LogP contribution in [0.3, 0.4) is 0 Å². The second-order valence-corrected chi connectivity index (χ2v) is 3.34. The Labute approximate surface area is 87.6 Å². The third-order valence-electron chi connectivity index (χ3n) is 2.20. The molecule has 2 rings (SSSR count). The summed E-state index contributed by atoms with van der Waals surface area (Å²) >= 11 is 0. The number of aromatic hydroxyl groups is 1. The van der Waals surface area contributed by atoms with Gasteiger partial charge in [0.15, 0.2) is 11.5 Å². The van der Waals surface area contributed by atoms with E-state index in [9.17, 15) is 5.11 Å². The first-order valence-electron chi connectivity index (χ1n) is 4.75. The molecule has 0 radical (unpaired) electrons. The Morgan fingerprint density at radius 3 is 2.47 bits per heavy atom. The maximum absolute atomic E-state index is 9.36. The van der Waals surface area contributed by atoms with Crippen LogP contribution in [0, 0.1) is 0 Å². The lowest BCUT2D eigenvalue weighted by Gasteiger charge is -1.96. The Morgan fingerprint density at radius 2 is 1.87 bits per heavy atom. The Bertz CT molecular complexity index is 431. The Hall–Kier alpha value is -1.74. The van der Waals surface area contributed by atoms with Crippen LogP contribution in [0.2, 0.25) is 0 Å². The fraction of sp³-hybridized carbons (Fsp3) is 0.167. The van der Waals surface area contributed by atoms with E-state index in [4.69, 9.17) is 9.52 Å². The van der Waals surface area contributed by atoms with Gasteiger partial charge in [-0.2, -0.15) is 0 Å². The summed E-state index contributed by atoms with van der Waals surface area (Å²) < 4.78 is 5.27. The van der Waals surface area contributed by atoms with Gasteiger partial charge in [-0.15, -0.1) is 0 Å². The molecule has 78 valence electrons. The molecule has 0 unspecified atom stereocenters. The molecule has 0 saturated heterocycles. The Kier molecular flexibility index (Phi) is 2.74. The van der Waals surface area contributed by atoms with E-state index in [2.05, 4.69) is 0 Å². The summed E-state index contributed by atoms with van der Waals surface area (Å²) in [6, 6.07) is 11.4. The minimum atomic E-state index is -0.277. The number of hydrogen-bond acceptors (Lipinski definition) is 3. The third-order valence-corrected chi connectivity index (χ3v) is 2.20. The number of rotatable bonds is 3. The summed E-state index contributed by atoms with van der Waals surface area (Å²) in [7, 11) is 0. The van der Waals surface area contributed by atoms with Crippen LogP contribution >= 0.6 is 0 Å². The van der Waals surface area contributed by atoms with Gasteiger partial charge in [-0.05, 0) is 5.56 Å². The molecule has 2 aromatic rings. The van der Waals surface area contributed by atoms with Gasteiger partial charge >= 0.3 is 0 Å². The monoisotopic (exact) mass is 204 g/mol. The van der Waals surface area contributed by atoms with Crippen molar-refractivity contribution in [3.05, 3.63) is 53.5 Å². The molecule has 2 N–H and O–H groups in total. The van der Waals surface area contributed by atoms with E-state index >= 15 is 0 Å². The fourth-order valence-electron chi connectivity index (χ4n) is 1.47. The molecule has 0 amide bonds. The topological polar surface area (TPSA) is 53.6 Å². The average molecular weight is 204 g/mol. The number of aliphatic hydroxyl groups is 1. The zero-order valence-electron chi connectivity index (χ0n) is 8.18. The van der Waals surface area contributed by atoms with Crippen molar-refractivity contribution in [2.45, 2.75) is 13.0 Å². The normalized spacial score (nSPS) is 10.5. The molecule has 0 spiro atoms. The van der Waals surface area contributed by atoms with Crippen molar-refractivity contribution in [1.82, 2.24) is 0 Å². The first kappa shape index (κ1) is 9.80. The highest BCUT2D eigenvalue weighted by Crippen LogP contribution is 2.23. The van der Waals surface area contributed by atoms with E-state index in [0.29, 0.717) is 12.2 Å². The van der Waals surface area contributed by atoms with Crippen LogP contribution < -0.4 is 0 Å². The van der Waals surface area contributed by atoms with E-state index < -0.39 is 0 Å². The zero-order valence-corrected chi connectivity index (χ0v) is 8.18. The van der Waals surface area contributed by atoms with Crippen molar-refractivity contribution in [2.75, 3.05) is 0 Å². The molecule has 3 nitrogen and oxygen atoms in total. The molecule has 0 aliphatic rings. The average Bonchev–Trinajstić information content (AvgIpc) is 2.60. The van der Waals surface area contributed by atoms with Gasteiger partial charge in [-0.25, -0.2) is 0 Å². The lowest BCUT2D eigenvalue weighted by Crippen LogP contribution is -1.84. The Balaban J connectivity index is 2.18. The van der Waals surface area contributed by atoms with E-state index in [0.717, 1.165) is 5.56 Å². The van der Waals surface area contributed by atoms with Crippen LogP contribution in [0.25, 0.3) is 0 Å². The second-order valence-electron chi connectivity index (χ2n) is 3.34. The van der Waals surface area contributed by atoms with Gasteiger partial charge in [-0.1, -0.05) is 30.3 Å². The van der Waals surface area contributed by atoms with Crippen molar-refractivity contribution in [3.8, 4) is 5.75 Å². The second kappa shape index (κ2) is 4.19. The van der Waals surface area contributed by atoms with Gasteiger partial charge in [-0.3, -0.25) is 0 Å². The highest BCUT2D eigenvalue weighted by molar-refractivity contribution is 5.29. The summed E-state index contributed by atoms with van der Waals surface area (Å²) in [5.74, 6) is 0.895. The lowest BCUT2D eigenvalue weighted by atomic mass is 10.1. The van der Waals surface area contributed by atoms with Gasteiger partial charge in [0.05, 0.1) is 0 Å². The number of furan rings is 1. The van der Waals surface area contributed by atoms with Crippen molar-refractivity contribution in [2.24, 2.45) is 0 Å². The minimum absolute atomic E-state index is 0.0171. The lowest BCUT2D eigenvalue weighted by molar-refractivity contribution is 0.236. The summed E-state index contributed by atoms with van der Waals surface area (Å²) in [5.41, 5.74) is 1.11. The van der Waals surface area contributed by atoms with Gasteiger partial charge < -0.3 is 14.6 Å². The molecule has 0 aliphatic heterocycles. The molecule has 0 saturated carbocycles. The molecule has 1 aromatic heterocycles. The van der Waals surface area contributed by atoms with Crippen LogP contribution in [0.15, 0.2) is 40.8 Å². The molecule has 0 bridgehead atoms. The highest BCUT2D eigenvalue weighted by atomic mass is 16.4. The largest absolute Gasteiger partial charge is 0.504 e. The molecule has 3 heteroatoms. The standard InChI is InChI=1S/C12H12O3/c13-8-12-11(14)7-10(15-12)6-9-4-2-1-3-5-9/h1-5,7,13-14H,6,8H2. The van der Waals surface area contributed by atoms with Gasteiger partial charge in [0.25, 0.3) is 0 Å². The fourth-order valence-corrected chi connectivity index (χ4v) is 1.47. The van der Waals surface area contributed by atoms with Crippen LogP contribution in [0.1, 0.15) is 17.1 Å². The Morgan fingerprint density at radius 1 is 1.13 bits per heavy atom. The summed E-state index contributed by atoms with van der Waals surface area (Å²) in [5, 5.41) is 18.2. The number of benzene rings is 1. The van der Waals surface area contributed by atoms with Gasteiger partial charge in [0.2, 0.25) is 0 Å². The molecule has 1 aromatic carbocycles. The van der Waals surface area contributed by atoms with Crippen LogP contribution in [0.4, 0.5) is 0 Å². The maximum Gasteiger partial charge on any atom is 0.171 e. The molecular formula is C12H12O3. The zero-order chi connectivity index (χ0) is 10.7. The highest BCUT2D eigenvalue weighted by Gasteiger charge is 2.08. The number of hydrogen-bond donors (Lipinski definition) is 2. The van der Waals surface area contributed by atoms with E-state index in [1.807, 2.05) is 30.3 Å². The van der Waals surface area contributed by atoms with Crippen LogP contribution in [0.5, 0.6) is 5.75 Å². The van der Waals surface area contributed by atoms with E-state index in [1.165, 1.54) is 0 Å². The smallest absolute Gasteiger partial charge is 0.171 e. The van der Waals surface area contributed by atoms with Crippen molar-refractivity contribution in [1.29, 1.82) is 0 Å². The van der Waals surface area contributed by atoms with Crippen molar-refractivity contribution in [3.63, 3.8) is 0 Å². The molecule has 0 fully saturated rings. The first-order valence-corrected chi connectivity index (χ1v) is 4.75. The molecular weight excluding hydrogens is 192 g/mol. The van der Waals surface area contributed by atoms with E-state index in [1.54, 1.807) is 6.07 Å². The van der Waals surface area contributed by atoms with Crippen LogP contribution in [-0.2, 0) is 13.0 Å². The number of aliphatic hydroxyl groups excluding tert-OH is 1. The van der Waals surface area contributed by atoms with Gasteiger partial charge in [0, 0.05) is 12.5 Å². The van der Waals surface area contributed by atoms with Crippen molar-refractivity contribution >= 4 is 0 Å². The molecule has 0 aliphatic carbocycles. The summed E-state index contributed by atoms with van der Waals surface area (Å²) in [6.45, 7) is -0.277. The molecule has 1 heterocycles. The quantitative estimate of drug-likeness (QED) is 0.804. The van der Waals surface area contributed by atoms with Crippen LogP contribution in [-0.4, -0.2) is 10.2 Å². The maximum atomic E-state index is 9.36. The SMILES string of the molecule is OCc1oc(Cc2ccccc2)cc1O. The predicted molar refractivity (Wildman–Crippen MR) is 55.5 cm³/mol.